The van der Waals surface area contributed by atoms with E-state index in [0.29, 0.717) is 6.54 Å². The molecule has 4 rings (SSSR count). The van der Waals surface area contributed by atoms with Crippen LogP contribution in [0.4, 0.5) is 0 Å². The van der Waals surface area contributed by atoms with E-state index in [2.05, 4.69) is 64.5 Å². The zero-order valence-corrected chi connectivity index (χ0v) is 18.4. The van der Waals surface area contributed by atoms with Crippen molar-refractivity contribution in [1.82, 2.24) is 15.1 Å². The van der Waals surface area contributed by atoms with Gasteiger partial charge in [0.1, 0.15) is 5.75 Å². The number of methoxy groups -OCH3 is 1. The number of nitrogens with one attached hydrogen (secondary N) is 1. The molecule has 1 amide bonds. The van der Waals surface area contributed by atoms with Crippen LogP contribution in [0.2, 0.25) is 0 Å². The third kappa shape index (κ3) is 5.63. The first-order chi connectivity index (χ1) is 15.1. The Labute approximate surface area is 184 Å². The Hall–Kier alpha value is -2.89. The van der Waals surface area contributed by atoms with Crippen LogP contribution in [-0.2, 0) is 11.3 Å². The molecule has 31 heavy (non-hydrogen) atoms. The second-order valence-corrected chi connectivity index (χ2v) is 8.30. The van der Waals surface area contributed by atoms with Gasteiger partial charge in [-0.25, -0.2) is 0 Å². The maximum atomic E-state index is 12.6. The van der Waals surface area contributed by atoms with Gasteiger partial charge >= 0.3 is 0 Å². The molecular weight excluding hydrogens is 386 g/mol. The van der Waals surface area contributed by atoms with Crippen molar-refractivity contribution in [2.24, 2.45) is 0 Å². The Kier molecular flexibility index (Phi) is 6.85. The zero-order chi connectivity index (χ0) is 21.6. The fourth-order valence-corrected chi connectivity index (χ4v) is 4.15. The number of hydrogen-bond acceptors (Lipinski definition) is 4. The molecule has 162 valence electrons. The molecule has 1 atom stereocenters. The molecule has 0 spiro atoms. The molecular formula is C26H31N3O2. The summed E-state index contributed by atoms with van der Waals surface area (Å²) in [6.45, 7) is 7.20. The Bertz CT molecular complexity index is 1010. The number of ether oxygens (including phenoxy) is 1. The molecule has 1 heterocycles. The van der Waals surface area contributed by atoms with Crippen molar-refractivity contribution in [2.75, 3.05) is 39.8 Å². The Morgan fingerprint density at radius 2 is 1.61 bits per heavy atom. The van der Waals surface area contributed by atoms with E-state index in [1.165, 1.54) is 16.3 Å². The normalized spacial score (nSPS) is 16.2. The van der Waals surface area contributed by atoms with Crippen LogP contribution in [0.25, 0.3) is 10.8 Å². The van der Waals surface area contributed by atoms with E-state index in [4.69, 9.17) is 4.74 Å². The Balaban J connectivity index is 1.23. The average Bonchev–Trinajstić information content (AvgIpc) is 2.80. The molecule has 1 saturated heterocycles. The van der Waals surface area contributed by atoms with Crippen molar-refractivity contribution in [2.45, 2.75) is 19.5 Å². The molecule has 0 aromatic heterocycles. The van der Waals surface area contributed by atoms with E-state index in [1.807, 2.05) is 24.3 Å². The minimum atomic E-state index is -0.00605. The molecule has 3 aromatic carbocycles. The number of benzene rings is 3. The van der Waals surface area contributed by atoms with Crippen LogP contribution in [0.5, 0.6) is 5.75 Å². The smallest absolute Gasteiger partial charge is 0.234 e. The summed E-state index contributed by atoms with van der Waals surface area (Å²) in [4.78, 5) is 17.3. The standard InChI is InChI=1S/C26H31N3O2/c1-20(23-10-9-22-5-3-4-6-24(22)17-23)27-26(30)19-29-15-13-28(14-16-29)18-21-7-11-25(31-2)12-8-21/h3-12,17,20H,13-16,18-19H2,1-2H3,(H,27,30)/t20-/m1/s1. The molecule has 0 bridgehead atoms. The summed E-state index contributed by atoms with van der Waals surface area (Å²) in [6.07, 6.45) is 0. The van der Waals surface area contributed by atoms with Crippen LogP contribution in [0, 0.1) is 0 Å². The molecule has 1 aliphatic heterocycles. The number of rotatable bonds is 7. The second kappa shape index (κ2) is 9.94. The molecule has 1 N–H and O–H groups in total. The largest absolute Gasteiger partial charge is 0.497 e. The molecule has 1 fully saturated rings. The van der Waals surface area contributed by atoms with Gasteiger partial charge in [0, 0.05) is 32.7 Å². The fraction of sp³-hybridized carbons (Fsp3) is 0.346. The fourth-order valence-electron chi connectivity index (χ4n) is 4.15. The van der Waals surface area contributed by atoms with Crippen molar-refractivity contribution >= 4 is 16.7 Å². The third-order valence-corrected chi connectivity index (χ3v) is 6.05. The van der Waals surface area contributed by atoms with Crippen LogP contribution in [0.15, 0.2) is 66.7 Å². The summed E-state index contributed by atoms with van der Waals surface area (Å²) in [5.74, 6) is 0.974. The number of piperazine rings is 1. The highest BCUT2D eigenvalue weighted by atomic mass is 16.5. The van der Waals surface area contributed by atoms with Gasteiger partial charge in [-0.2, -0.15) is 0 Å². The SMILES string of the molecule is COc1ccc(CN2CCN(CC(=O)N[C@H](C)c3ccc4ccccc4c3)CC2)cc1. The summed E-state index contributed by atoms with van der Waals surface area (Å²) >= 11 is 0. The minimum Gasteiger partial charge on any atom is -0.497 e. The first kappa shape index (κ1) is 21.3. The maximum Gasteiger partial charge on any atom is 0.234 e. The lowest BCUT2D eigenvalue weighted by atomic mass is 10.0. The predicted octanol–water partition coefficient (Wildman–Crippen LogP) is 3.84. The highest BCUT2D eigenvalue weighted by Crippen LogP contribution is 2.20. The highest BCUT2D eigenvalue weighted by molar-refractivity contribution is 5.83. The number of amides is 1. The van der Waals surface area contributed by atoms with Gasteiger partial charge in [-0.3, -0.25) is 14.6 Å². The molecule has 3 aromatic rings. The van der Waals surface area contributed by atoms with Gasteiger partial charge in [-0.1, -0.05) is 48.5 Å². The average molecular weight is 418 g/mol. The van der Waals surface area contributed by atoms with Crippen LogP contribution < -0.4 is 10.1 Å². The minimum absolute atomic E-state index is 0.00605. The number of fused-ring (bicyclic) bond motifs is 1. The summed E-state index contributed by atoms with van der Waals surface area (Å²) in [7, 11) is 1.69. The lowest BCUT2D eigenvalue weighted by Crippen LogP contribution is -2.49. The van der Waals surface area contributed by atoms with Crippen molar-refractivity contribution in [3.05, 3.63) is 77.9 Å². The molecule has 0 radical (unpaired) electrons. The highest BCUT2D eigenvalue weighted by Gasteiger charge is 2.20. The number of carbonyl (C=O) groups excluding carboxylic acids is 1. The Morgan fingerprint density at radius 1 is 0.935 bits per heavy atom. The number of carbonyl (C=O) groups is 1. The van der Waals surface area contributed by atoms with Gasteiger partial charge in [0.2, 0.25) is 5.91 Å². The van der Waals surface area contributed by atoms with Crippen LogP contribution >= 0.6 is 0 Å². The first-order valence-electron chi connectivity index (χ1n) is 11.0. The van der Waals surface area contributed by atoms with E-state index in [9.17, 15) is 4.79 Å². The van der Waals surface area contributed by atoms with Gasteiger partial charge in [0.15, 0.2) is 0 Å². The topological polar surface area (TPSA) is 44.8 Å². The molecule has 5 nitrogen and oxygen atoms in total. The zero-order valence-electron chi connectivity index (χ0n) is 18.4. The quantitative estimate of drug-likeness (QED) is 0.634. The van der Waals surface area contributed by atoms with Crippen molar-refractivity contribution < 1.29 is 9.53 Å². The van der Waals surface area contributed by atoms with Crippen LogP contribution in [0.1, 0.15) is 24.1 Å². The van der Waals surface area contributed by atoms with Crippen molar-refractivity contribution in [3.8, 4) is 5.75 Å². The summed E-state index contributed by atoms with van der Waals surface area (Å²) in [6, 6.07) is 22.9. The van der Waals surface area contributed by atoms with Crippen molar-refractivity contribution in [1.29, 1.82) is 0 Å². The van der Waals surface area contributed by atoms with Gasteiger partial charge < -0.3 is 10.1 Å². The predicted molar refractivity (Wildman–Crippen MR) is 125 cm³/mol. The van der Waals surface area contributed by atoms with E-state index >= 15 is 0 Å². The third-order valence-electron chi connectivity index (χ3n) is 6.05. The summed E-state index contributed by atoms with van der Waals surface area (Å²) in [5, 5.41) is 5.59. The molecule has 0 unspecified atom stereocenters. The number of hydrogen-bond donors (Lipinski definition) is 1. The van der Waals surface area contributed by atoms with Gasteiger partial charge in [-0.05, 0) is 47.0 Å². The van der Waals surface area contributed by atoms with Gasteiger partial charge in [-0.15, -0.1) is 0 Å². The monoisotopic (exact) mass is 417 g/mol. The van der Waals surface area contributed by atoms with E-state index < -0.39 is 0 Å². The molecule has 1 aliphatic rings. The molecule has 0 saturated carbocycles. The lowest BCUT2D eigenvalue weighted by molar-refractivity contribution is -0.123. The van der Waals surface area contributed by atoms with Crippen LogP contribution in [-0.4, -0.2) is 55.5 Å². The molecule has 5 heteroatoms. The van der Waals surface area contributed by atoms with E-state index in [0.717, 1.165) is 44.0 Å². The van der Waals surface area contributed by atoms with Crippen molar-refractivity contribution in [3.63, 3.8) is 0 Å². The Morgan fingerprint density at radius 3 is 2.32 bits per heavy atom. The maximum absolute atomic E-state index is 12.6. The number of nitrogens with zero attached hydrogens (tertiary/aromatic N) is 2. The van der Waals surface area contributed by atoms with Crippen LogP contribution in [0.3, 0.4) is 0 Å². The van der Waals surface area contributed by atoms with Gasteiger partial charge in [0.05, 0.1) is 19.7 Å². The summed E-state index contributed by atoms with van der Waals surface area (Å²) in [5.41, 5.74) is 2.42. The molecule has 0 aliphatic carbocycles. The first-order valence-corrected chi connectivity index (χ1v) is 11.0. The second-order valence-electron chi connectivity index (χ2n) is 8.30. The summed E-state index contributed by atoms with van der Waals surface area (Å²) < 4.78 is 5.23. The van der Waals surface area contributed by atoms with Gasteiger partial charge in [0.25, 0.3) is 0 Å². The van der Waals surface area contributed by atoms with E-state index in [-0.39, 0.29) is 11.9 Å². The lowest BCUT2D eigenvalue weighted by Gasteiger charge is -2.34. The van der Waals surface area contributed by atoms with E-state index in [1.54, 1.807) is 7.11 Å².